The number of nitrogens with zero attached hydrogens (tertiary/aromatic N) is 3. The molecule has 0 spiro atoms. The maximum Gasteiger partial charge on any atom is 0.416 e. The quantitative estimate of drug-likeness (QED) is 0.366. The van der Waals surface area contributed by atoms with Crippen LogP contribution in [-0.2, 0) is 11.0 Å². The van der Waals surface area contributed by atoms with Crippen LogP contribution < -0.4 is 9.64 Å². The average Bonchev–Trinajstić information content (AvgIpc) is 3.38. The molecule has 1 fully saturated rings. The first-order valence-corrected chi connectivity index (χ1v) is 11.6. The average molecular weight is 533 g/mol. The molecule has 0 bridgehead atoms. The minimum atomic E-state index is -4.81. The highest BCUT2D eigenvalue weighted by atomic mass is 32.1. The molecule has 2 heterocycles. The summed E-state index contributed by atoms with van der Waals surface area (Å²) in [7, 11) is 0. The maximum atomic E-state index is 13.7. The number of thiazole rings is 1. The summed E-state index contributed by atoms with van der Waals surface area (Å²) in [6.45, 7) is 2.45. The number of likely N-dealkylation sites (tertiary alicyclic amines) is 1. The number of halogens is 6. The Labute approximate surface area is 206 Å². The lowest BCUT2D eigenvalue weighted by Gasteiger charge is -2.29. The van der Waals surface area contributed by atoms with E-state index in [0.717, 1.165) is 27.2 Å². The number of hydrogen-bond donors (Lipinski definition) is 0. The molecule has 194 valence electrons. The van der Waals surface area contributed by atoms with Crippen molar-refractivity contribution in [2.75, 3.05) is 18.0 Å². The normalized spacial score (nSPS) is 16.4. The fourth-order valence-corrected chi connectivity index (χ4v) is 4.27. The van der Waals surface area contributed by atoms with Crippen LogP contribution in [0.3, 0.4) is 0 Å². The lowest BCUT2D eigenvalue weighted by molar-refractivity contribution is -0.143. The minimum absolute atomic E-state index is 0.0921. The zero-order valence-electron chi connectivity index (χ0n) is 19.1. The number of carbonyl (C=O) groups excluding carboxylic acids is 2. The lowest BCUT2D eigenvalue weighted by atomic mass is 10.1. The Bertz CT molecular complexity index is 1170. The summed E-state index contributed by atoms with van der Waals surface area (Å²) >= 11 is 0.944. The van der Waals surface area contributed by atoms with Gasteiger partial charge in [0.15, 0.2) is 5.01 Å². The summed E-state index contributed by atoms with van der Waals surface area (Å²) in [4.78, 5) is 32.2. The molecule has 1 atom stereocenters. The Balaban J connectivity index is 2.08. The number of alkyl halides is 6. The molecule has 1 aromatic heterocycles. The summed E-state index contributed by atoms with van der Waals surface area (Å²) in [5.41, 5.74) is -1.65. The van der Waals surface area contributed by atoms with E-state index >= 15 is 0 Å². The summed E-state index contributed by atoms with van der Waals surface area (Å²) in [5, 5.41) is 1.43. The second kappa shape index (κ2) is 10.4. The fraction of sp³-hybridized carbons (Fsp3) is 0.435. The number of anilines is 1. The van der Waals surface area contributed by atoms with Crippen molar-refractivity contribution in [3.8, 4) is 18.1 Å². The Morgan fingerprint density at radius 1 is 1.28 bits per heavy atom. The third-order valence-corrected chi connectivity index (χ3v) is 5.95. The van der Waals surface area contributed by atoms with Crippen LogP contribution in [0.5, 0.6) is 5.75 Å². The number of carbonyl (C=O) groups is 2. The molecule has 1 unspecified atom stereocenters. The number of ether oxygens (including phenoxy) is 1. The highest BCUT2D eigenvalue weighted by Gasteiger charge is 2.42. The van der Waals surface area contributed by atoms with Crippen LogP contribution in [0.1, 0.15) is 47.7 Å². The van der Waals surface area contributed by atoms with Crippen molar-refractivity contribution in [2.45, 2.75) is 51.2 Å². The predicted molar refractivity (Wildman–Crippen MR) is 120 cm³/mol. The van der Waals surface area contributed by atoms with Crippen LogP contribution in [0.15, 0.2) is 23.6 Å². The van der Waals surface area contributed by atoms with Gasteiger partial charge in [-0.05, 0) is 38.3 Å². The molecule has 0 saturated carbocycles. The topological polar surface area (TPSA) is 62.7 Å². The van der Waals surface area contributed by atoms with Crippen molar-refractivity contribution in [1.29, 1.82) is 0 Å². The summed E-state index contributed by atoms with van der Waals surface area (Å²) < 4.78 is 84.6. The van der Waals surface area contributed by atoms with Crippen LogP contribution in [0.2, 0.25) is 0 Å². The lowest BCUT2D eigenvalue weighted by Crippen LogP contribution is -2.46. The number of rotatable bonds is 7. The van der Waals surface area contributed by atoms with E-state index in [2.05, 4.69) is 10.9 Å². The first-order valence-electron chi connectivity index (χ1n) is 10.7. The molecule has 13 heteroatoms. The van der Waals surface area contributed by atoms with Gasteiger partial charge in [0.05, 0.1) is 18.1 Å². The van der Waals surface area contributed by atoms with Gasteiger partial charge in [-0.15, -0.1) is 17.8 Å². The van der Waals surface area contributed by atoms with E-state index in [1.807, 2.05) is 0 Å². The van der Waals surface area contributed by atoms with Crippen LogP contribution in [0.25, 0.3) is 0 Å². The van der Waals surface area contributed by atoms with Crippen LogP contribution in [0.4, 0.5) is 32.0 Å². The highest BCUT2D eigenvalue weighted by molar-refractivity contribution is 7.10. The monoisotopic (exact) mass is 533 g/mol. The zero-order chi connectivity index (χ0) is 26.8. The maximum absolute atomic E-state index is 13.7. The van der Waals surface area contributed by atoms with E-state index in [4.69, 9.17) is 11.2 Å². The first-order chi connectivity index (χ1) is 16.7. The standard InChI is InChI=1S/C23H21F6N3O3S/c1-4-19-30-17(12-36-19)20(33)32(18-5-7-31(21(18)34)8-6-22(24,25)26)15-9-14(23(27,28)29)10-16(11-15)35-13(2)3/h1,9-13,18H,5-8H2,2-3H3. The van der Waals surface area contributed by atoms with Crippen molar-refractivity contribution >= 4 is 28.8 Å². The molecule has 3 rings (SSSR count). The Morgan fingerprint density at radius 2 is 1.97 bits per heavy atom. The molecule has 6 nitrogen and oxygen atoms in total. The van der Waals surface area contributed by atoms with Crippen molar-refractivity contribution in [2.24, 2.45) is 0 Å². The Kier molecular flexibility index (Phi) is 7.88. The molecular formula is C23H21F6N3O3S. The van der Waals surface area contributed by atoms with Crippen molar-refractivity contribution in [3.63, 3.8) is 0 Å². The molecule has 1 aromatic carbocycles. The third-order valence-electron chi connectivity index (χ3n) is 5.18. The van der Waals surface area contributed by atoms with Crippen LogP contribution in [0, 0.1) is 12.3 Å². The molecule has 1 saturated heterocycles. The summed E-state index contributed by atoms with van der Waals surface area (Å²) in [6, 6.07) is 1.27. The van der Waals surface area contributed by atoms with Crippen molar-refractivity contribution in [3.05, 3.63) is 39.8 Å². The van der Waals surface area contributed by atoms with Gasteiger partial charge in [0, 0.05) is 30.2 Å². The number of benzene rings is 1. The summed E-state index contributed by atoms with van der Waals surface area (Å²) in [5.74, 6) is 0.310. The van der Waals surface area contributed by atoms with Crippen molar-refractivity contribution in [1.82, 2.24) is 9.88 Å². The number of hydrogen-bond acceptors (Lipinski definition) is 5. The van der Waals surface area contributed by atoms with E-state index in [-0.39, 0.29) is 35.1 Å². The molecule has 1 aliphatic rings. The molecule has 36 heavy (non-hydrogen) atoms. The molecule has 0 radical (unpaired) electrons. The first kappa shape index (κ1) is 27.3. The number of amides is 2. The largest absolute Gasteiger partial charge is 0.491 e. The van der Waals surface area contributed by atoms with E-state index in [1.165, 1.54) is 11.4 Å². The Hall–Kier alpha value is -3.27. The van der Waals surface area contributed by atoms with E-state index < -0.39 is 54.8 Å². The third kappa shape index (κ3) is 6.48. The molecule has 2 aromatic rings. The van der Waals surface area contributed by atoms with Gasteiger partial charge in [-0.2, -0.15) is 26.3 Å². The fourth-order valence-electron chi connectivity index (χ4n) is 3.67. The van der Waals surface area contributed by atoms with Gasteiger partial charge in [-0.3, -0.25) is 14.5 Å². The van der Waals surface area contributed by atoms with Gasteiger partial charge in [0.2, 0.25) is 5.91 Å². The van der Waals surface area contributed by atoms with Crippen LogP contribution in [-0.4, -0.2) is 53.1 Å². The minimum Gasteiger partial charge on any atom is -0.491 e. The van der Waals surface area contributed by atoms with Crippen molar-refractivity contribution < 1.29 is 40.7 Å². The van der Waals surface area contributed by atoms with E-state index in [0.29, 0.717) is 6.07 Å². The second-order valence-corrected chi connectivity index (χ2v) is 9.09. The predicted octanol–water partition coefficient (Wildman–Crippen LogP) is 5.13. The number of aromatic nitrogens is 1. The molecule has 0 N–H and O–H groups in total. The SMILES string of the molecule is C#Cc1nc(C(=O)N(c2cc(OC(C)C)cc(C(F)(F)F)c2)C2CCN(CCC(F)(F)F)C2=O)cs1. The van der Waals surface area contributed by atoms with E-state index in [9.17, 15) is 35.9 Å². The van der Waals surface area contributed by atoms with Gasteiger partial charge in [0.1, 0.15) is 17.5 Å². The summed E-state index contributed by atoms with van der Waals surface area (Å²) in [6.07, 6.45) is -5.88. The van der Waals surface area contributed by atoms with Gasteiger partial charge < -0.3 is 9.64 Å². The van der Waals surface area contributed by atoms with Crippen LogP contribution >= 0.6 is 11.3 Å². The van der Waals surface area contributed by atoms with E-state index in [1.54, 1.807) is 13.8 Å². The number of terminal acetylenes is 1. The zero-order valence-corrected chi connectivity index (χ0v) is 19.9. The molecular weight excluding hydrogens is 512 g/mol. The smallest absolute Gasteiger partial charge is 0.416 e. The van der Waals surface area contributed by atoms with Gasteiger partial charge in [-0.25, -0.2) is 4.98 Å². The van der Waals surface area contributed by atoms with Gasteiger partial charge in [-0.1, -0.05) is 0 Å². The molecule has 2 amide bonds. The second-order valence-electron chi connectivity index (χ2n) is 8.23. The van der Waals surface area contributed by atoms with Gasteiger partial charge >= 0.3 is 12.4 Å². The Morgan fingerprint density at radius 3 is 2.53 bits per heavy atom. The molecule has 1 aliphatic heterocycles. The highest BCUT2D eigenvalue weighted by Crippen LogP contribution is 2.38. The van der Waals surface area contributed by atoms with Gasteiger partial charge in [0.25, 0.3) is 5.91 Å². The molecule has 0 aliphatic carbocycles.